The molecule has 3 saturated heterocycles. The van der Waals surface area contributed by atoms with Gasteiger partial charge < -0.3 is 24.6 Å². The van der Waals surface area contributed by atoms with Gasteiger partial charge >= 0.3 is 0 Å². The van der Waals surface area contributed by atoms with Gasteiger partial charge in [-0.05, 0) is 36.8 Å². The second-order valence-corrected chi connectivity index (χ2v) is 10.5. The number of halogens is 2. The van der Waals surface area contributed by atoms with Crippen molar-refractivity contribution >= 4 is 16.9 Å². The van der Waals surface area contributed by atoms with Gasteiger partial charge in [0.05, 0.1) is 42.5 Å². The van der Waals surface area contributed by atoms with Gasteiger partial charge in [0.1, 0.15) is 23.1 Å². The molecule has 11 heteroatoms. The summed E-state index contributed by atoms with van der Waals surface area (Å²) in [4.78, 5) is 6.57. The Bertz CT molecular complexity index is 1360. The van der Waals surface area contributed by atoms with E-state index < -0.39 is 5.82 Å². The number of hydrogen-bond acceptors (Lipinski definition) is 8. The zero-order chi connectivity index (χ0) is 26.9. The largest absolute Gasteiger partial charge is 0.371 e. The smallest absolute Gasteiger partial charge is 0.171 e. The lowest BCUT2D eigenvalue weighted by atomic mass is 10.1. The predicted octanol–water partition coefficient (Wildman–Crippen LogP) is 2.56. The van der Waals surface area contributed by atoms with Crippen LogP contribution in [0.2, 0.25) is 0 Å². The Morgan fingerprint density at radius 2 is 1.87 bits per heavy atom. The van der Waals surface area contributed by atoms with Gasteiger partial charge in [-0.15, -0.1) is 0 Å². The van der Waals surface area contributed by atoms with Crippen LogP contribution in [0.1, 0.15) is 24.3 Å². The van der Waals surface area contributed by atoms with Crippen molar-refractivity contribution in [1.82, 2.24) is 19.8 Å². The summed E-state index contributed by atoms with van der Waals surface area (Å²) in [5, 5.41) is 16.7. The quantitative estimate of drug-likeness (QED) is 0.532. The molecule has 0 saturated carbocycles. The van der Waals surface area contributed by atoms with Crippen molar-refractivity contribution in [3.8, 4) is 6.07 Å². The molecule has 5 heterocycles. The number of aromatic nitrogens is 2. The predicted molar refractivity (Wildman–Crippen MR) is 143 cm³/mol. The SMILES string of the molecule is C[C@@H]1CN(c2ccc(C#N)n3ncc(F)c23)C[C@H](CN2CCN(c3ccc([C@H]4CNCCO4)cc3F)CC2)O1. The molecule has 206 valence electrons. The van der Waals surface area contributed by atoms with Gasteiger partial charge in [-0.2, -0.15) is 10.4 Å². The molecule has 1 aromatic carbocycles. The molecule has 1 N–H and O–H groups in total. The van der Waals surface area contributed by atoms with Crippen LogP contribution in [0.5, 0.6) is 0 Å². The number of hydrogen-bond donors (Lipinski definition) is 1. The summed E-state index contributed by atoms with van der Waals surface area (Å²) in [6.07, 6.45) is 0.935. The summed E-state index contributed by atoms with van der Waals surface area (Å²) in [5.74, 6) is -0.659. The standard InChI is InChI=1S/C28H33F2N7O2/c1-19-16-36(26-5-3-21(13-31)37-28(26)24(30)14-33-37)18-22(39-19)17-34-7-9-35(10-8-34)25-4-2-20(12-23(25)29)27-15-32-6-11-38-27/h2-5,12,14,19,22,27,32H,6-11,15-18H2,1H3/t19-,22+,27-/m1/s1. The fourth-order valence-electron chi connectivity index (χ4n) is 5.95. The van der Waals surface area contributed by atoms with E-state index in [0.29, 0.717) is 48.8 Å². The summed E-state index contributed by atoms with van der Waals surface area (Å²) in [7, 11) is 0. The van der Waals surface area contributed by atoms with Crippen LogP contribution in [-0.2, 0) is 9.47 Å². The minimum absolute atomic E-state index is 0.0392. The Balaban J connectivity index is 1.09. The topological polar surface area (TPSA) is 81.3 Å². The first-order valence-electron chi connectivity index (χ1n) is 13.6. The van der Waals surface area contributed by atoms with Crippen LogP contribution in [0.4, 0.5) is 20.2 Å². The summed E-state index contributed by atoms with van der Waals surface area (Å²) < 4.78 is 43.1. The van der Waals surface area contributed by atoms with E-state index in [1.54, 1.807) is 18.2 Å². The second kappa shape index (κ2) is 11.1. The van der Waals surface area contributed by atoms with E-state index in [0.717, 1.165) is 51.0 Å². The minimum Gasteiger partial charge on any atom is -0.371 e. The number of nitrogens with zero attached hydrogens (tertiary/aromatic N) is 6. The summed E-state index contributed by atoms with van der Waals surface area (Å²) in [6.45, 7) is 9.17. The average Bonchev–Trinajstić information content (AvgIpc) is 3.35. The number of nitrogens with one attached hydrogen (secondary N) is 1. The van der Waals surface area contributed by atoms with Crippen molar-refractivity contribution in [2.24, 2.45) is 0 Å². The van der Waals surface area contributed by atoms with Gasteiger partial charge in [-0.25, -0.2) is 13.3 Å². The molecule has 0 amide bonds. The molecule has 0 aliphatic carbocycles. The third-order valence-corrected chi connectivity index (χ3v) is 7.82. The zero-order valence-electron chi connectivity index (χ0n) is 22.0. The monoisotopic (exact) mass is 537 g/mol. The van der Waals surface area contributed by atoms with Gasteiger partial charge in [-0.1, -0.05) is 6.07 Å². The molecular formula is C28H33F2N7O2. The van der Waals surface area contributed by atoms with Crippen LogP contribution in [0.25, 0.3) is 5.52 Å². The van der Waals surface area contributed by atoms with E-state index in [1.807, 2.05) is 19.1 Å². The fraction of sp³-hybridized carbons (Fsp3) is 0.500. The van der Waals surface area contributed by atoms with Crippen molar-refractivity contribution in [3.63, 3.8) is 0 Å². The highest BCUT2D eigenvalue weighted by molar-refractivity contribution is 5.74. The molecule has 0 spiro atoms. The lowest BCUT2D eigenvalue weighted by Gasteiger charge is -2.42. The molecule has 3 atom stereocenters. The Kier molecular flexibility index (Phi) is 7.36. The normalized spacial score (nSPS) is 24.7. The van der Waals surface area contributed by atoms with Crippen molar-refractivity contribution < 1.29 is 18.3 Å². The molecule has 3 fully saturated rings. The summed E-state index contributed by atoms with van der Waals surface area (Å²) in [5.41, 5.74) is 2.81. The van der Waals surface area contributed by atoms with Gasteiger partial charge in [0.15, 0.2) is 5.82 Å². The van der Waals surface area contributed by atoms with Crippen LogP contribution < -0.4 is 15.1 Å². The molecule has 3 aliphatic rings. The summed E-state index contributed by atoms with van der Waals surface area (Å²) >= 11 is 0. The number of anilines is 2. The van der Waals surface area contributed by atoms with E-state index in [2.05, 4.69) is 31.2 Å². The Hall–Kier alpha value is -3.30. The molecule has 9 nitrogen and oxygen atoms in total. The van der Waals surface area contributed by atoms with Crippen molar-refractivity contribution in [2.75, 3.05) is 75.3 Å². The molecular weight excluding hydrogens is 504 g/mol. The van der Waals surface area contributed by atoms with E-state index >= 15 is 4.39 Å². The number of benzene rings is 1. The summed E-state index contributed by atoms with van der Waals surface area (Å²) in [6, 6.07) is 11.0. The average molecular weight is 538 g/mol. The maximum absolute atomic E-state index is 15.1. The minimum atomic E-state index is -0.447. The molecule has 0 radical (unpaired) electrons. The highest BCUT2D eigenvalue weighted by Gasteiger charge is 2.30. The lowest BCUT2D eigenvalue weighted by molar-refractivity contribution is -0.0327. The van der Waals surface area contributed by atoms with Gasteiger partial charge in [0, 0.05) is 58.9 Å². The van der Waals surface area contributed by atoms with Crippen LogP contribution in [0, 0.1) is 23.0 Å². The molecule has 39 heavy (non-hydrogen) atoms. The number of morpholine rings is 2. The first-order valence-corrected chi connectivity index (χ1v) is 13.6. The highest BCUT2D eigenvalue weighted by Crippen LogP contribution is 2.30. The van der Waals surface area contributed by atoms with Crippen LogP contribution in [0.3, 0.4) is 0 Å². The number of piperazine rings is 1. The first kappa shape index (κ1) is 26.0. The molecule has 3 aliphatic heterocycles. The molecule has 0 bridgehead atoms. The molecule has 6 rings (SSSR count). The Morgan fingerprint density at radius 1 is 1.05 bits per heavy atom. The number of fused-ring (bicyclic) bond motifs is 1. The van der Waals surface area contributed by atoms with Crippen LogP contribution in [0.15, 0.2) is 36.5 Å². The first-order chi connectivity index (χ1) is 19.0. The fourth-order valence-corrected chi connectivity index (χ4v) is 5.95. The van der Waals surface area contributed by atoms with Crippen molar-refractivity contribution in [1.29, 1.82) is 5.26 Å². The number of nitriles is 1. The van der Waals surface area contributed by atoms with Gasteiger partial charge in [-0.3, -0.25) is 4.90 Å². The third kappa shape index (κ3) is 5.30. The van der Waals surface area contributed by atoms with E-state index in [-0.39, 0.29) is 24.1 Å². The van der Waals surface area contributed by atoms with Crippen molar-refractivity contribution in [3.05, 3.63) is 59.4 Å². The van der Waals surface area contributed by atoms with Crippen molar-refractivity contribution in [2.45, 2.75) is 25.2 Å². The Morgan fingerprint density at radius 3 is 2.62 bits per heavy atom. The number of pyridine rings is 1. The molecule has 3 aromatic rings. The van der Waals surface area contributed by atoms with E-state index in [1.165, 1.54) is 4.52 Å². The van der Waals surface area contributed by atoms with Crippen LogP contribution in [-0.4, -0.2) is 92.2 Å². The lowest BCUT2D eigenvalue weighted by Crippen LogP contribution is -2.54. The maximum Gasteiger partial charge on any atom is 0.171 e. The van der Waals surface area contributed by atoms with E-state index in [9.17, 15) is 9.65 Å². The van der Waals surface area contributed by atoms with E-state index in [4.69, 9.17) is 9.47 Å². The second-order valence-electron chi connectivity index (χ2n) is 10.5. The highest BCUT2D eigenvalue weighted by atomic mass is 19.1. The number of ether oxygens (including phenoxy) is 2. The van der Waals surface area contributed by atoms with Gasteiger partial charge in [0.25, 0.3) is 0 Å². The van der Waals surface area contributed by atoms with Crippen LogP contribution >= 0.6 is 0 Å². The number of rotatable bonds is 5. The Labute approximate surface area is 226 Å². The molecule has 0 unspecified atom stereocenters. The maximum atomic E-state index is 15.1. The van der Waals surface area contributed by atoms with Gasteiger partial charge in [0.2, 0.25) is 0 Å². The third-order valence-electron chi connectivity index (χ3n) is 7.82. The zero-order valence-corrected chi connectivity index (χ0v) is 22.0. The molecule has 2 aromatic heterocycles.